The van der Waals surface area contributed by atoms with Crippen molar-refractivity contribution in [1.82, 2.24) is 25.0 Å². The predicted molar refractivity (Wildman–Crippen MR) is 142 cm³/mol. The number of nitrogens with one attached hydrogen (secondary N) is 2. The van der Waals surface area contributed by atoms with E-state index in [0.29, 0.717) is 12.1 Å². The van der Waals surface area contributed by atoms with Gasteiger partial charge in [-0.05, 0) is 31.2 Å². The van der Waals surface area contributed by atoms with Gasteiger partial charge >= 0.3 is 13.7 Å². The Bertz CT molecular complexity index is 1560. The number of nitrogen functional groups attached to an aromatic ring is 1. The van der Waals surface area contributed by atoms with Crippen molar-refractivity contribution in [3.8, 4) is 11.8 Å². The Kier molecular flexibility index (Phi) is 8.15. The van der Waals surface area contributed by atoms with Crippen LogP contribution in [0.4, 0.5) is 5.82 Å². The first kappa shape index (κ1) is 29.4. The molecule has 0 bridgehead atoms. The summed E-state index contributed by atoms with van der Waals surface area (Å²) in [5.74, 6) is -1.10. The molecule has 16 nitrogen and oxygen atoms in total. The first-order chi connectivity index (χ1) is 20.1. The largest absolute Gasteiger partial charge is 0.459 e. The van der Waals surface area contributed by atoms with Gasteiger partial charge in [-0.25, -0.2) is 14.1 Å². The van der Waals surface area contributed by atoms with Gasteiger partial charge in [-0.15, -0.1) is 0 Å². The van der Waals surface area contributed by atoms with Crippen LogP contribution in [0, 0.1) is 11.3 Å². The summed E-state index contributed by atoms with van der Waals surface area (Å²) in [4.78, 5) is 28.4. The molecule has 222 valence electrons. The minimum Gasteiger partial charge on any atom is -0.451 e. The summed E-state index contributed by atoms with van der Waals surface area (Å²) in [5.41, 5.74) is 4.32. The van der Waals surface area contributed by atoms with Crippen molar-refractivity contribution in [1.29, 1.82) is 5.26 Å². The SMILES string of the molecule is CC(NP(=O)(OC[C@@]1(C#N)O[C@@H](c2ccc3c(N)ncnn23)[C@H](O)[C@@H]1O)Oc1ccccc1)C(=O)O[C@H]1CCNC1=O. The summed E-state index contributed by atoms with van der Waals surface area (Å²) < 4.78 is 37.5. The van der Waals surface area contributed by atoms with Gasteiger partial charge in [0.05, 0.1) is 5.69 Å². The Morgan fingerprint density at radius 2 is 2.12 bits per heavy atom. The van der Waals surface area contributed by atoms with Crippen LogP contribution in [0.5, 0.6) is 5.75 Å². The number of nitriles is 1. The van der Waals surface area contributed by atoms with Crippen LogP contribution in [0.15, 0.2) is 48.8 Å². The molecule has 0 radical (unpaired) electrons. The van der Waals surface area contributed by atoms with E-state index in [0.717, 1.165) is 0 Å². The Balaban J connectivity index is 1.36. The molecule has 4 heterocycles. The molecule has 5 rings (SSSR count). The lowest BCUT2D eigenvalue weighted by molar-refractivity contribution is -0.155. The zero-order chi connectivity index (χ0) is 30.1. The second kappa shape index (κ2) is 11.6. The Morgan fingerprint density at radius 1 is 1.36 bits per heavy atom. The number of amides is 1. The van der Waals surface area contributed by atoms with E-state index in [4.69, 9.17) is 24.3 Å². The number of ether oxygens (including phenoxy) is 2. The third-order valence-electron chi connectivity index (χ3n) is 6.82. The number of aliphatic hydroxyl groups is 2. The predicted octanol–water partition coefficient (Wildman–Crippen LogP) is -0.0195. The van der Waals surface area contributed by atoms with Crippen LogP contribution in [0.1, 0.15) is 25.1 Å². The zero-order valence-electron chi connectivity index (χ0n) is 22.2. The number of carbonyl (C=O) groups excluding carboxylic acids is 2. The fraction of sp³-hybridized carbons (Fsp3) is 0.400. The Labute approximate surface area is 238 Å². The van der Waals surface area contributed by atoms with Crippen LogP contribution in [-0.4, -0.2) is 79.8 Å². The standard InChI is InChI=1S/C25H28N7O9P/c1-14(24(36)39-18-9-10-28-23(18)35)31-42(37,41-15-5-3-2-4-6-15)38-12-25(11-26)21(34)19(33)20(40-25)16-7-8-17-22(27)29-13-30-32(16)17/h2-8,13-14,18-21,33-34H,9-10,12H2,1H3,(H,28,35)(H,31,37)(H2,27,29,30)/t14?,18-,19-,20-,21-,25+,42?/m0/s1. The molecule has 2 aliphatic heterocycles. The molecule has 2 saturated heterocycles. The first-order valence-corrected chi connectivity index (χ1v) is 14.4. The van der Waals surface area contributed by atoms with Crippen LogP contribution >= 0.6 is 7.75 Å². The second-order valence-corrected chi connectivity index (χ2v) is 11.4. The highest BCUT2D eigenvalue weighted by Gasteiger charge is 2.57. The van der Waals surface area contributed by atoms with Crippen molar-refractivity contribution < 1.29 is 42.9 Å². The monoisotopic (exact) mass is 601 g/mol. The van der Waals surface area contributed by atoms with E-state index < -0.39 is 62.3 Å². The number of rotatable bonds is 10. The molecule has 1 aromatic carbocycles. The van der Waals surface area contributed by atoms with Gasteiger partial charge in [0.2, 0.25) is 5.60 Å². The summed E-state index contributed by atoms with van der Waals surface area (Å²) in [5, 5.41) is 41.0. The summed E-state index contributed by atoms with van der Waals surface area (Å²) in [6.07, 6.45) is -4.25. The number of aromatic nitrogens is 3. The Hall–Kier alpha value is -4.10. The van der Waals surface area contributed by atoms with Crippen molar-refractivity contribution in [2.75, 3.05) is 18.9 Å². The van der Waals surface area contributed by atoms with Crippen molar-refractivity contribution in [2.45, 2.75) is 49.4 Å². The lowest BCUT2D eigenvalue weighted by Gasteiger charge is -2.28. The molecule has 7 atom stereocenters. The van der Waals surface area contributed by atoms with E-state index in [1.54, 1.807) is 24.3 Å². The summed E-state index contributed by atoms with van der Waals surface area (Å²) in [6, 6.07) is 11.5. The zero-order valence-corrected chi connectivity index (χ0v) is 23.1. The quantitative estimate of drug-likeness (QED) is 0.152. The average molecular weight is 602 g/mol. The third-order valence-corrected chi connectivity index (χ3v) is 8.44. The van der Waals surface area contributed by atoms with Gasteiger partial charge in [0.1, 0.15) is 54.6 Å². The molecule has 42 heavy (non-hydrogen) atoms. The maximum absolute atomic E-state index is 13.9. The molecular formula is C25H28N7O9P. The molecule has 6 N–H and O–H groups in total. The van der Waals surface area contributed by atoms with Gasteiger partial charge in [0, 0.05) is 13.0 Å². The minimum absolute atomic E-state index is 0.0952. The third kappa shape index (κ3) is 5.66. The molecule has 3 aromatic rings. The van der Waals surface area contributed by atoms with Crippen molar-refractivity contribution in [3.05, 3.63) is 54.5 Å². The normalized spacial score (nSPS) is 27.6. The van der Waals surface area contributed by atoms with Gasteiger partial charge in [-0.1, -0.05) is 18.2 Å². The van der Waals surface area contributed by atoms with Crippen LogP contribution in [0.25, 0.3) is 5.52 Å². The number of aliphatic hydroxyl groups excluding tert-OH is 2. The number of esters is 1. The smallest absolute Gasteiger partial charge is 0.451 e. The number of anilines is 1. The maximum atomic E-state index is 13.9. The first-order valence-electron chi connectivity index (χ1n) is 12.8. The highest BCUT2D eigenvalue weighted by molar-refractivity contribution is 7.52. The summed E-state index contributed by atoms with van der Waals surface area (Å²) in [6.45, 7) is 0.816. The van der Waals surface area contributed by atoms with Gasteiger partial charge in [-0.2, -0.15) is 15.4 Å². The molecule has 1 amide bonds. The van der Waals surface area contributed by atoms with Crippen LogP contribution in [0.3, 0.4) is 0 Å². The lowest BCUT2D eigenvalue weighted by atomic mass is 9.96. The molecule has 2 aromatic heterocycles. The number of benzene rings is 1. The number of nitrogens with two attached hydrogens (primary N) is 1. The number of hydrogen-bond donors (Lipinski definition) is 5. The number of fused-ring (bicyclic) bond motifs is 1. The fourth-order valence-corrected chi connectivity index (χ4v) is 6.10. The average Bonchev–Trinajstić information content (AvgIpc) is 3.65. The molecular weight excluding hydrogens is 573 g/mol. The van der Waals surface area contributed by atoms with Gasteiger partial charge in [-0.3, -0.25) is 14.1 Å². The Morgan fingerprint density at radius 3 is 2.81 bits per heavy atom. The van der Waals surface area contributed by atoms with Crippen LogP contribution in [-0.2, 0) is 28.2 Å². The number of para-hydroxylation sites is 1. The van der Waals surface area contributed by atoms with Crippen molar-refractivity contribution >= 4 is 31.0 Å². The van der Waals surface area contributed by atoms with E-state index >= 15 is 0 Å². The van der Waals surface area contributed by atoms with E-state index in [1.807, 2.05) is 6.07 Å². The van der Waals surface area contributed by atoms with E-state index in [2.05, 4.69) is 20.5 Å². The highest BCUT2D eigenvalue weighted by Crippen LogP contribution is 2.48. The van der Waals surface area contributed by atoms with Crippen LogP contribution < -0.4 is 20.7 Å². The number of carbonyl (C=O) groups is 2. The van der Waals surface area contributed by atoms with Crippen molar-refractivity contribution in [3.63, 3.8) is 0 Å². The molecule has 0 spiro atoms. The van der Waals surface area contributed by atoms with Crippen molar-refractivity contribution in [2.24, 2.45) is 0 Å². The summed E-state index contributed by atoms with van der Waals surface area (Å²) >= 11 is 0. The van der Waals surface area contributed by atoms with E-state index in [1.165, 1.54) is 36.0 Å². The molecule has 2 fully saturated rings. The topological polar surface area (TPSA) is 233 Å². The van der Waals surface area contributed by atoms with E-state index in [9.17, 15) is 29.6 Å². The van der Waals surface area contributed by atoms with Gasteiger partial charge in [0.15, 0.2) is 11.9 Å². The molecule has 2 aliphatic rings. The lowest BCUT2D eigenvalue weighted by Crippen LogP contribution is -2.46. The molecule has 17 heteroatoms. The molecule has 2 unspecified atom stereocenters. The maximum Gasteiger partial charge on any atom is 0.459 e. The molecule has 0 aliphatic carbocycles. The van der Waals surface area contributed by atoms with E-state index in [-0.39, 0.29) is 23.7 Å². The van der Waals surface area contributed by atoms with Gasteiger partial charge < -0.3 is 35.3 Å². The summed E-state index contributed by atoms with van der Waals surface area (Å²) in [7, 11) is -4.51. The van der Waals surface area contributed by atoms with Crippen LogP contribution in [0.2, 0.25) is 0 Å². The fourth-order valence-electron chi connectivity index (χ4n) is 4.58. The molecule has 0 saturated carbocycles. The highest BCUT2D eigenvalue weighted by atomic mass is 31.2. The minimum atomic E-state index is -4.51. The number of nitrogens with zero attached hydrogens (tertiary/aromatic N) is 4. The second-order valence-electron chi connectivity index (χ2n) is 9.71. The van der Waals surface area contributed by atoms with Gasteiger partial charge in [0.25, 0.3) is 5.91 Å². The number of hydrogen-bond acceptors (Lipinski definition) is 13.